The summed E-state index contributed by atoms with van der Waals surface area (Å²) in [6.45, 7) is 0. The molecule has 0 radical (unpaired) electrons. The Kier molecular flexibility index (Phi) is 5.16. The van der Waals surface area contributed by atoms with Gasteiger partial charge in [-0.05, 0) is 35.7 Å². The number of hydrazone groups is 2. The van der Waals surface area contributed by atoms with E-state index >= 15 is 0 Å². The van der Waals surface area contributed by atoms with Gasteiger partial charge in [0.1, 0.15) is 5.71 Å². The number of para-hydroxylation sites is 2. The molecule has 0 spiro atoms. The van der Waals surface area contributed by atoms with Crippen LogP contribution in [0.2, 0.25) is 0 Å². The highest BCUT2D eigenvalue weighted by molar-refractivity contribution is 7.12. The molecule has 0 fully saturated rings. The Bertz CT molecular complexity index is 765. The second-order valence-electron chi connectivity index (χ2n) is 4.69. The van der Waals surface area contributed by atoms with E-state index in [1.54, 1.807) is 17.6 Å². The van der Waals surface area contributed by atoms with E-state index in [1.165, 1.54) is 0 Å². The summed E-state index contributed by atoms with van der Waals surface area (Å²) >= 11 is 1.62. The quantitative estimate of drug-likeness (QED) is 0.512. The van der Waals surface area contributed by atoms with E-state index in [0.29, 0.717) is 0 Å². The summed E-state index contributed by atoms with van der Waals surface area (Å²) in [5, 5.41) is 10.7. The van der Waals surface area contributed by atoms with E-state index in [-0.39, 0.29) is 0 Å². The van der Waals surface area contributed by atoms with E-state index in [4.69, 9.17) is 0 Å². The zero-order chi connectivity index (χ0) is 15.7. The zero-order valence-electron chi connectivity index (χ0n) is 12.4. The third kappa shape index (κ3) is 4.52. The lowest BCUT2D eigenvalue weighted by molar-refractivity contribution is 1.33. The van der Waals surface area contributed by atoms with Gasteiger partial charge in [-0.3, -0.25) is 10.9 Å². The summed E-state index contributed by atoms with van der Waals surface area (Å²) < 4.78 is 0. The number of rotatable bonds is 6. The predicted octanol–water partition coefficient (Wildman–Crippen LogP) is 4.66. The van der Waals surface area contributed by atoms with Gasteiger partial charge in [0, 0.05) is 0 Å². The molecule has 0 saturated heterocycles. The fourth-order valence-electron chi connectivity index (χ4n) is 1.89. The predicted molar refractivity (Wildman–Crippen MR) is 99.5 cm³/mol. The van der Waals surface area contributed by atoms with Crippen molar-refractivity contribution in [3.8, 4) is 0 Å². The van der Waals surface area contributed by atoms with Gasteiger partial charge in [-0.1, -0.05) is 42.5 Å². The standard InChI is InChI=1S/C18H16N4S/c1-3-8-15(9-4-1)20-19-14-17(18-12-7-13-23-18)22-21-16-10-5-2-6-11-16/h1-14,20-21H. The summed E-state index contributed by atoms with van der Waals surface area (Å²) in [6, 6.07) is 23.7. The second-order valence-corrected chi connectivity index (χ2v) is 5.64. The molecule has 3 aromatic rings. The van der Waals surface area contributed by atoms with Crippen LogP contribution in [-0.2, 0) is 0 Å². The first-order chi connectivity index (χ1) is 11.4. The van der Waals surface area contributed by atoms with Crippen LogP contribution >= 0.6 is 11.3 Å². The molecule has 3 rings (SSSR count). The number of benzene rings is 2. The van der Waals surface area contributed by atoms with Gasteiger partial charge in [0.15, 0.2) is 0 Å². The summed E-state index contributed by atoms with van der Waals surface area (Å²) in [7, 11) is 0. The number of hydrogen-bond donors (Lipinski definition) is 2. The summed E-state index contributed by atoms with van der Waals surface area (Å²) in [5.41, 5.74) is 8.70. The van der Waals surface area contributed by atoms with Crippen molar-refractivity contribution < 1.29 is 0 Å². The molecule has 0 aliphatic carbocycles. The third-order valence-corrected chi connectivity index (χ3v) is 3.90. The number of thiophene rings is 1. The molecule has 0 bridgehead atoms. The molecule has 114 valence electrons. The number of anilines is 2. The van der Waals surface area contributed by atoms with Gasteiger partial charge in [0.05, 0.1) is 22.5 Å². The van der Waals surface area contributed by atoms with Crippen LogP contribution in [0, 0.1) is 0 Å². The molecule has 0 saturated carbocycles. The minimum atomic E-state index is 0.771. The molecule has 2 aromatic carbocycles. The maximum absolute atomic E-state index is 4.46. The highest BCUT2D eigenvalue weighted by atomic mass is 32.1. The fourth-order valence-corrected chi connectivity index (χ4v) is 2.57. The first kappa shape index (κ1) is 15.0. The SMILES string of the molecule is C(=NNc1ccccc1)C(=NNc1ccccc1)c1cccs1. The van der Waals surface area contributed by atoms with Crippen LogP contribution in [-0.4, -0.2) is 11.9 Å². The highest BCUT2D eigenvalue weighted by Gasteiger charge is 2.02. The Morgan fingerprint density at radius 1 is 0.783 bits per heavy atom. The minimum Gasteiger partial charge on any atom is -0.278 e. The molecule has 0 atom stereocenters. The molecule has 1 aromatic heterocycles. The van der Waals surface area contributed by atoms with E-state index in [0.717, 1.165) is 22.0 Å². The average molecular weight is 320 g/mol. The van der Waals surface area contributed by atoms with Crippen LogP contribution in [0.5, 0.6) is 0 Å². The Hall–Kier alpha value is -2.92. The van der Waals surface area contributed by atoms with Crippen LogP contribution in [0.25, 0.3) is 0 Å². The van der Waals surface area contributed by atoms with Crippen LogP contribution in [0.3, 0.4) is 0 Å². The Labute approximate surface area is 139 Å². The summed E-state index contributed by atoms with van der Waals surface area (Å²) in [4.78, 5) is 1.05. The molecule has 2 N–H and O–H groups in total. The first-order valence-corrected chi connectivity index (χ1v) is 8.06. The van der Waals surface area contributed by atoms with Gasteiger partial charge in [0.2, 0.25) is 0 Å². The van der Waals surface area contributed by atoms with Gasteiger partial charge in [-0.2, -0.15) is 10.2 Å². The van der Waals surface area contributed by atoms with Crippen LogP contribution in [0.15, 0.2) is 88.4 Å². The second kappa shape index (κ2) is 7.91. The van der Waals surface area contributed by atoms with Crippen molar-refractivity contribution in [2.24, 2.45) is 10.2 Å². The lowest BCUT2D eigenvalue weighted by Crippen LogP contribution is -2.05. The van der Waals surface area contributed by atoms with Crippen molar-refractivity contribution in [3.63, 3.8) is 0 Å². The van der Waals surface area contributed by atoms with Crippen LogP contribution in [0.1, 0.15) is 4.88 Å². The van der Waals surface area contributed by atoms with Crippen LogP contribution < -0.4 is 10.9 Å². The minimum absolute atomic E-state index is 0.771. The zero-order valence-corrected chi connectivity index (χ0v) is 13.2. The van der Waals surface area contributed by atoms with Gasteiger partial charge in [0.25, 0.3) is 0 Å². The Morgan fingerprint density at radius 2 is 1.43 bits per heavy atom. The monoisotopic (exact) mass is 320 g/mol. The maximum Gasteiger partial charge on any atom is 0.121 e. The van der Waals surface area contributed by atoms with Crippen molar-refractivity contribution in [3.05, 3.63) is 83.1 Å². The molecule has 0 amide bonds. The molecule has 5 heteroatoms. The lowest BCUT2D eigenvalue weighted by Gasteiger charge is -2.03. The van der Waals surface area contributed by atoms with E-state index in [9.17, 15) is 0 Å². The molecule has 23 heavy (non-hydrogen) atoms. The maximum atomic E-state index is 4.46. The Balaban J connectivity index is 1.74. The van der Waals surface area contributed by atoms with Crippen molar-refractivity contribution in [2.75, 3.05) is 10.9 Å². The van der Waals surface area contributed by atoms with Crippen molar-refractivity contribution in [1.82, 2.24) is 0 Å². The summed E-state index contributed by atoms with van der Waals surface area (Å²) in [5.74, 6) is 0. The van der Waals surface area contributed by atoms with Gasteiger partial charge in [-0.15, -0.1) is 11.3 Å². The first-order valence-electron chi connectivity index (χ1n) is 7.18. The number of nitrogens with one attached hydrogen (secondary N) is 2. The molecule has 4 nitrogen and oxygen atoms in total. The van der Waals surface area contributed by atoms with E-state index in [1.807, 2.05) is 78.2 Å². The normalized spacial score (nSPS) is 11.6. The Morgan fingerprint density at radius 3 is 2.04 bits per heavy atom. The van der Waals surface area contributed by atoms with Crippen molar-refractivity contribution >= 4 is 34.6 Å². The fraction of sp³-hybridized carbons (Fsp3) is 0. The molecule has 1 heterocycles. The lowest BCUT2D eigenvalue weighted by atomic mass is 10.3. The average Bonchev–Trinajstić information content (AvgIpc) is 3.14. The van der Waals surface area contributed by atoms with Gasteiger partial charge in [-0.25, -0.2) is 0 Å². The summed E-state index contributed by atoms with van der Waals surface area (Å²) in [6.07, 6.45) is 1.72. The molecule has 0 unspecified atom stereocenters. The topological polar surface area (TPSA) is 48.8 Å². The van der Waals surface area contributed by atoms with E-state index < -0.39 is 0 Å². The largest absolute Gasteiger partial charge is 0.278 e. The van der Waals surface area contributed by atoms with Crippen molar-refractivity contribution in [2.45, 2.75) is 0 Å². The van der Waals surface area contributed by atoms with Crippen LogP contribution in [0.4, 0.5) is 11.4 Å². The molecular formula is C18H16N4S. The molecular weight excluding hydrogens is 304 g/mol. The van der Waals surface area contributed by atoms with E-state index in [2.05, 4.69) is 21.1 Å². The van der Waals surface area contributed by atoms with Gasteiger partial charge >= 0.3 is 0 Å². The highest BCUT2D eigenvalue weighted by Crippen LogP contribution is 2.11. The molecule has 0 aliphatic rings. The molecule has 0 aliphatic heterocycles. The third-order valence-electron chi connectivity index (χ3n) is 3.01. The van der Waals surface area contributed by atoms with Crippen molar-refractivity contribution in [1.29, 1.82) is 0 Å². The number of nitrogens with zero attached hydrogens (tertiary/aromatic N) is 2. The smallest absolute Gasteiger partial charge is 0.121 e. The van der Waals surface area contributed by atoms with Gasteiger partial charge < -0.3 is 0 Å². The number of hydrogen-bond acceptors (Lipinski definition) is 5.